The van der Waals surface area contributed by atoms with Crippen LogP contribution in [0.5, 0.6) is 0 Å². The molecule has 0 fully saturated rings. The molecular weight excluding hydrogens is 408 g/mol. The minimum absolute atomic E-state index is 0.0253. The lowest BCUT2D eigenvalue weighted by Crippen LogP contribution is -2.14. The highest BCUT2D eigenvalue weighted by molar-refractivity contribution is 8.01. The van der Waals surface area contributed by atoms with Gasteiger partial charge in [0.15, 0.2) is 4.34 Å². The van der Waals surface area contributed by atoms with Crippen molar-refractivity contribution in [2.45, 2.75) is 18.2 Å². The molecule has 0 aliphatic heterocycles. The molecule has 0 unspecified atom stereocenters. The first-order valence-corrected chi connectivity index (χ1v) is 11.5. The van der Waals surface area contributed by atoms with Crippen LogP contribution >= 0.6 is 23.1 Å². The van der Waals surface area contributed by atoms with Crippen LogP contribution in [0, 0.1) is 13.8 Å². The van der Waals surface area contributed by atoms with Crippen LogP contribution in [0.25, 0.3) is 21.7 Å². The lowest BCUT2D eigenvalue weighted by atomic mass is 10.1. The van der Waals surface area contributed by atoms with Crippen LogP contribution in [0.15, 0.2) is 83.2 Å². The van der Waals surface area contributed by atoms with E-state index in [1.165, 1.54) is 11.8 Å². The van der Waals surface area contributed by atoms with Gasteiger partial charge in [0.05, 0.1) is 16.3 Å². The molecule has 5 heteroatoms. The third kappa shape index (κ3) is 4.99. The molecule has 0 spiro atoms. The Morgan fingerprint density at radius 1 is 0.900 bits per heavy atom. The van der Waals surface area contributed by atoms with Crippen molar-refractivity contribution < 1.29 is 4.79 Å². The number of amides is 1. The van der Waals surface area contributed by atoms with Gasteiger partial charge in [-0.05, 0) is 42.7 Å². The SMILES string of the molecule is Cc1cc(C)cc(NC(=O)CSc2nc(-c3ccccc3)c(-c3ccccc3)s2)c1. The summed E-state index contributed by atoms with van der Waals surface area (Å²) in [5.74, 6) is 0.297. The predicted octanol–water partition coefficient (Wildman–Crippen LogP) is 6.82. The molecule has 0 aliphatic carbocycles. The van der Waals surface area contributed by atoms with E-state index in [-0.39, 0.29) is 5.91 Å². The van der Waals surface area contributed by atoms with Crippen molar-refractivity contribution in [3.63, 3.8) is 0 Å². The van der Waals surface area contributed by atoms with Gasteiger partial charge in [0.1, 0.15) is 0 Å². The van der Waals surface area contributed by atoms with Crippen LogP contribution in [-0.2, 0) is 4.79 Å². The molecule has 0 bridgehead atoms. The van der Waals surface area contributed by atoms with Gasteiger partial charge in [0.25, 0.3) is 0 Å². The molecule has 0 saturated carbocycles. The molecule has 0 atom stereocenters. The molecule has 4 aromatic rings. The van der Waals surface area contributed by atoms with Crippen LogP contribution in [0.1, 0.15) is 11.1 Å². The zero-order valence-corrected chi connectivity index (χ0v) is 18.5. The maximum atomic E-state index is 12.5. The Labute approximate surface area is 185 Å². The highest BCUT2D eigenvalue weighted by Gasteiger charge is 2.16. The summed E-state index contributed by atoms with van der Waals surface area (Å²) in [6.07, 6.45) is 0. The summed E-state index contributed by atoms with van der Waals surface area (Å²) in [5.41, 5.74) is 6.30. The van der Waals surface area contributed by atoms with E-state index in [2.05, 4.69) is 35.6 Å². The second-order valence-corrected chi connectivity index (χ2v) is 9.32. The largest absolute Gasteiger partial charge is 0.325 e. The first-order valence-electron chi connectivity index (χ1n) is 9.71. The molecule has 3 nitrogen and oxygen atoms in total. The zero-order valence-electron chi connectivity index (χ0n) is 16.9. The van der Waals surface area contributed by atoms with E-state index >= 15 is 0 Å². The highest BCUT2D eigenvalue weighted by atomic mass is 32.2. The molecule has 150 valence electrons. The molecule has 1 N–H and O–H groups in total. The lowest BCUT2D eigenvalue weighted by Gasteiger charge is -2.06. The molecule has 1 heterocycles. The maximum absolute atomic E-state index is 12.5. The second kappa shape index (κ2) is 9.28. The molecule has 0 aliphatic rings. The van der Waals surface area contributed by atoms with E-state index in [0.29, 0.717) is 5.75 Å². The molecule has 3 aromatic carbocycles. The van der Waals surface area contributed by atoms with Gasteiger partial charge in [-0.1, -0.05) is 78.5 Å². The van der Waals surface area contributed by atoms with Crippen LogP contribution in [-0.4, -0.2) is 16.6 Å². The Kier molecular flexibility index (Phi) is 6.31. The second-order valence-electron chi connectivity index (χ2n) is 7.10. The number of hydrogen-bond acceptors (Lipinski definition) is 4. The quantitative estimate of drug-likeness (QED) is 0.341. The first-order chi connectivity index (χ1) is 14.6. The van der Waals surface area contributed by atoms with Crippen molar-refractivity contribution >= 4 is 34.7 Å². The molecule has 4 rings (SSSR count). The molecule has 1 aromatic heterocycles. The van der Waals surface area contributed by atoms with Crippen LogP contribution in [0.2, 0.25) is 0 Å². The van der Waals surface area contributed by atoms with Crippen molar-refractivity contribution in [2.24, 2.45) is 0 Å². The summed E-state index contributed by atoms with van der Waals surface area (Å²) in [4.78, 5) is 18.5. The number of carbonyl (C=O) groups is 1. The smallest absolute Gasteiger partial charge is 0.234 e. The predicted molar refractivity (Wildman–Crippen MR) is 128 cm³/mol. The highest BCUT2D eigenvalue weighted by Crippen LogP contribution is 2.40. The maximum Gasteiger partial charge on any atom is 0.234 e. The fourth-order valence-corrected chi connectivity index (χ4v) is 5.28. The van der Waals surface area contributed by atoms with E-state index in [4.69, 9.17) is 4.98 Å². The van der Waals surface area contributed by atoms with Crippen molar-refractivity contribution in [3.8, 4) is 21.7 Å². The van der Waals surface area contributed by atoms with E-state index in [1.54, 1.807) is 11.3 Å². The fraction of sp³-hybridized carbons (Fsp3) is 0.120. The Balaban J connectivity index is 1.53. The summed E-state index contributed by atoms with van der Waals surface area (Å²) in [6, 6.07) is 26.5. The zero-order chi connectivity index (χ0) is 20.9. The number of benzene rings is 3. The average Bonchev–Trinajstić information content (AvgIpc) is 3.17. The standard InChI is InChI=1S/C25H22N2OS2/c1-17-13-18(2)15-21(14-17)26-22(28)16-29-25-27-23(19-9-5-3-6-10-19)24(30-25)20-11-7-4-8-12-20/h3-15H,16H2,1-2H3,(H,26,28). The summed E-state index contributed by atoms with van der Waals surface area (Å²) in [6.45, 7) is 4.06. The number of anilines is 1. The molecule has 30 heavy (non-hydrogen) atoms. The van der Waals surface area contributed by atoms with Crippen molar-refractivity contribution in [1.82, 2.24) is 4.98 Å². The molecule has 1 amide bonds. The molecule has 0 radical (unpaired) electrons. The van der Waals surface area contributed by atoms with Crippen LogP contribution < -0.4 is 5.32 Å². The van der Waals surface area contributed by atoms with E-state index in [0.717, 1.165) is 42.9 Å². The Bertz CT molecular complexity index is 1080. The minimum atomic E-state index is -0.0253. The third-order valence-electron chi connectivity index (χ3n) is 4.52. The van der Waals surface area contributed by atoms with E-state index in [9.17, 15) is 4.79 Å². The van der Waals surface area contributed by atoms with Crippen molar-refractivity contribution in [3.05, 3.63) is 90.0 Å². The number of nitrogens with one attached hydrogen (secondary N) is 1. The van der Waals surface area contributed by atoms with Crippen LogP contribution in [0.3, 0.4) is 0 Å². The van der Waals surface area contributed by atoms with Gasteiger partial charge in [-0.2, -0.15) is 0 Å². The van der Waals surface area contributed by atoms with E-state index in [1.807, 2.05) is 62.4 Å². The summed E-state index contributed by atoms with van der Waals surface area (Å²) >= 11 is 3.11. The Morgan fingerprint density at radius 3 is 2.13 bits per heavy atom. The normalized spacial score (nSPS) is 10.7. The molecular formula is C25H22N2OS2. The van der Waals surface area contributed by atoms with Gasteiger partial charge in [-0.25, -0.2) is 4.98 Å². The van der Waals surface area contributed by atoms with Crippen LogP contribution in [0.4, 0.5) is 5.69 Å². The van der Waals surface area contributed by atoms with Gasteiger partial charge in [-0.3, -0.25) is 4.79 Å². The lowest BCUT2D eigenvalue weighted by molar-refractivity contribution is -0.113. The topological polar surface area (TPSA) is 42.0 Å². The van der Waals surface area contributed by atoms with Gasteiger partial charge in [0.2, 0.25) is 5.91 Å². The summed E-state index contributed by atoms with van der Waals surface area (Å²) < 4.78 is 0.892. The number of nitrogens with zero attached hydrogens (tertiary/aromatic N) is 1. The fourth-order valence-electron chi connectivity index (χ4n) is 3.31. The van der Waals surface area contributed by atoms with Gasteiger partial charge >= 0.3 is 0 Å². The van der Waals surface area contributed by atoms with Crippen molar-refractivity contribution in [1.29, 1.82) is 0 Å². The number of thiazole rings is 1. The number of rotatable bonds is 6. The van der Waals surface area contributed by atoms with Gasteiger partial charge in [0, 0.05) is 11.3 Å². The number of carbonyl (C=O) groups excluding carboxylic acids is 1. The molecule has 0 saturated heterocycles. The number of thioether (sulfide) groups is 1. The minimum Gasteiger partial charge on any atom is -0.325 e. The number of aryl methyl sites for hydroxylation is 2. The summed E-state index contributed by atoms with van der Waals surface area (Å²) in [7, 11) is 0. The first kappa shape index (κ1) is 20.4. The average molecular weight is 431 g/mol. The van der Waals surface area contributed by atoms with Gasteiger partial charge in [-0.15, -0.1) is 11.3 Å². The number of hydrogen-bond donors (Lipinski definition) is 1. The Hall–Kier alpha value is -2.89. The monoisotopic (exact) mass is 430 g/mol. The summed E-state index contributed by atoms with van der Waals surface area (Å²) in [5, 5.41) is 3.00. The Morgan fingerprint density at radius 2 is 1.50 bits per heavy atom. The van der Waals surface area contributed by atoms with Crippen molar-refractivity contribution in [2.75, 3.05) is 11.1 Å². The third-order valence-corrected chi connectivity index (χ3v) is 6.77. The van der Waals surface area contributed by atoms with E-state index < -0.39 is 0 Å². The van der Waals surface area contributed by atoms with Gasteiger partial charge < -0.3 is 5.32 Å². The number of aromatic nitrogens is 1.